The van der Waals surface area contributed by atoms with Crippen LogP contribution in [0.4, 0.5) is 5.69 Å². The molecule has 3 rings (SSSR count). The summed E-state index contributed by atoms with van der Waals surface area (Å²) in [5.41, 5.74) is 3.35. The zero-order valence-electron chi connectivity index (χ0n) is 17.4. The van der Waals surface area contributed by atoms with Crippen LogP contribution >= 0.6 is 0 Å². The van der Waals surface area contributed by atoms with Crippen LogP contribution in [0.25, 0.3) is 0 Å². The monoisotopic (exact) mass is 405 g/mol. The first-order chi connectivity index (χ1) is 14.6. The van der Waals surface area contributed by atoms with Crippen LogP contribution in [0.15, 0.2) is 71.3 Å². The molecular weight excluding hydrogens is 378 g/mol. The van der Waals surface area contributed by atoms with E-state index in [9.17, 15) is 9.59 Å². The predicted octanol–water partition coefficient (Wildman–Crippen LogP) is 4.30. The van der Waals surface area contributed by atoms with Crippen molar-refractivity contribution in [1.29, 1.82) is 0 Å². The number of hydrogen-bond acceptors (Lipinski definition) is 4. The van der Waals surface area contributed by atoms with Gasteiger partial charge in [-0.1, -0.05) is 38.1 Å². The molecular formula is C24H27N3O3. The highest BCUT2D eigenvalue weighted by atomic mass is 16.3. The summed E-state index contributed by atoms with van der Waals surface area (Å²) in [5.74, 6) is -0.196. The van der Waals surface area contributed by atoms with Gasteiger partial charge >= 0.3 is 0 Å². The SMILES string of the molecule is CCN(CC)Cc1ccc(C(=O)NCc2cccc(NC(=O)c3ccco3)c2)cc1. The molecule has 0 aliphatic heterocycles. The second kappa shape index (κ2) is 10.4. The highest BCUT2D eigenvalue weighted by molar-refractivity contribution is 6.02. The summed E-state index contributed by atoms with van der Waals surface area (Å²) in [6, 6.07) is 18.3. The normalized spacial score (nSPS) is 10.8. The molecule has 0 aliphatic carbocycles. The van der Waals surface area contributed by atoms with Gasteiger partial charge in [-0.3, -0.25) is 14.5 Å². The van der Waals surface area contributed by atoms with Crippen molar-refractivity contribution in [1.82, 2.24) is 10.2 Å². The van der Waals surface area contributed by atoms with Crippen molar-refractivity contribution in [2.45, 2.75) is 26.9 Å². The molecule has 2 amide bonds. The molecule has 0 aliphatic rings. The molecule has 3 aromatic rings. The van der Waals surface area contributed by atoms with Crippen molar-refractivity contribution in [2.75, 3.05) is 18.4 Å². The maximum atomic E-state index is 12.5. The maximum absolute atomic E-state index is 12.5. The molecule has 0 spiro atoms. The number of nitrogens with zero attached hydrogens (tertiary/aromatic N) is 1. The van der Waals surface area contributed by atoms with E-state index in [-0.39, 0.29) is 17.6 Å². The molecule has 1 heterocycles. The molecule has 1 aromatic heterocycles. The van der Waals surface area contributed by atoms with Crippen LogP contribution < -0.4 is 10.6 Å². The van der Waals surface area contributed by atoms with E-state index in [4.69, 9.17) is 4.42 Å². The number of nitrogens with one attached hydrogen (secondary N) is 2. The molecule has 156 valence electrons. The Labute approximate surface area is 176 Å². The molecule has 0 unspecified atom stereocenters. The lowest BCUT2D eigenvalue weighted by Crippen LogP contribution is -2.23. The molecule has 2 aromatic carbocycles. The first-order valence-corrected chi connectivity index (χ1v) is 10.1. The van der Waals surface area contributed by atoms with Gasteiger partial charge in [0.1, 0.15) is 0 Å². The average Bonchev–Trinajstić information content (AvgIpc) is 3.32. The third-order valence-electron chi connectivity index (χ3n) is 4.90. The van der Waals surface area contributed by atoms with Crippen molar-refractivity contribution < 1.29 is 14.0 Å². The van der Waals surface area contributed by atoms with Crippen molar-refractivity contribution >= 4 is 17.5 Å². The summed E-state index contributed by atoms with van der Waals surface area (Å²) in [4.78, 5) is 26.9. The molecule has 2 N–H and O–H groups in total. The number of furan rings is 1. The van der Waals surface area contributed by atoms with Crippen LogP contribution in [0.5, 0.6) is 0 Å². The Kier molecular flexibility index (Phi) is 7.40. The lowest BCUT2D eigenvalue weighted by atomic mass is 10.1. The average molecular weight is 405 g/mol. The molecule has 0 saturated carbocycles. The molecule has 0 saturated heterocycles. The van der Waals surface area contributed by atoms with Crippen LogP contribution in [0, 0.1) is 0 Å². The van der Waals surface area contributed by atoms with Crippen molar-refractivity contribution in [3.8, 4) is 0 Å². The summed E-state index contributed by atoms with van der Waals surface area (Å²) in [6.45, 7) is 7.53. The summed E-state index contributed by atoms with van der Waals surface area (Å²) in [7, 11) is 0. The molecule has 0 atom stereocenters. The van der Waals surface area contributed by atoms with Gasteiger partial charge in [0, 0.05) is 24.3 Å². The molecule has 0 radical (unpaired) electrons. The minimum atomic E-state index is -0.314. The number of amides is 2. The van der Waals surface area contributed by atoms with Crippen LogP contribution in [0.3, 0.4) is 0 Å². The fourth-order valence-corrected chi connectivity index (χ4v) is 3.11. The minimum absolute atomic E-state index is 0.130. The smallest absolute Gasteiger partial charge is 0.291 e. The van der Waals surface area contributed by atoms with Gasteiger partial charge in [-0.15, -0.1) is 0 Å². The number of rotatable bonds is 9. The summed E-state index contributed by atoms with van der Waals surface area (Å²) in [5, 5.41) is 5.71. The van der Waals surface area contributed by atoms with Crippen molar-refractivity contribution in [3.63, 3.8) is 0 Å². The Hall–Kier alpha value is -3.38. The molecule has 6 nitrogen and oxygen atoms in total. The second-order valence-corrected chi connectivity index (χ2v) is 6.97. The third kappa shape index (κ3) is 5.81. The van der Waals surface area contributed by atoms with E-state index >= 15 is 0 Å². The fourth-order valence-electron chi connectivity index (χ4n) is 3.11. The zero-order valence-corrected chi connectivity index (χ0v) is 17.4. The van der Waals surface area contributed by atoms with Crippen molar-refractivity contribution in [2.24, 2.45) is 0 Å². The number of carbonyl (C=O) groups is 2. The van der Waals surface area contributed by atoms with E-state index < -0.39 is 0 Å². The first-order valence-electron chi connectivity index (χ1n) is 10.1. The van der Waals surface area contributed by atoms with Gasteiger partial charge in [-0.2, -0.15) is 0 Å². The summed E-state index contributed by atoms with van der Waals surface area (Å²) >= 11 is 0. The van der Waals surface area contributed by atoms with Gasteiger partial charge in [0.15, 0.2) is 5.76 Å². The van der Waals surface area contributed by atoms with Gasteiger partial charge in [0.25, 0.3) is 11.8 Å². The Morgan fingerprint density at radius 3 is 2.33 bits per heavy atom. The van der Waals surface area contributed by atoms with E-state index in [0.717, 1.165) is 25.2 Å². The Morgan fingerprint density at radius 1 is 0.900 bits per heavy atom. The van der Waals surface area contributed by atoms with Crippen LogP contribution in [0.1, 0.15) is 45.9 Å². The predicted molar refractivity (Wildman–Crippen MR) is 117 cm³/mol. The van der Waals surface area contributed by atoms with Gasteiger partial charge in [-0.25, -0.2) is 0 Å². The van der Waals surface area contributed by atoms with E-state index in [1.54, 1.807) is 18.2 Å². The standard InChI is InChI=1S/C24H27N3O3/c1-3-27(4-2)17-18-10-12-20(13-11-18)23(28)25-16-19-7-5-8-21(15-19)26-24(29)22-9-6-14-30-22/h5-15H,3-4,16-17H2,1-2H3,(H,25,28)(H,26,29). The second-order valence-electron chi connectivity index (χ2n) is 6.97. The van der Waals surface area contributed by atoms with Crippen molar-refractivity contribution in [3.05, 3.63) is 89.4 Å². The quantitative estimate of drug-likeness (QED) is 0.556. The van der Waals surface area contributed by atoms with E-state index in [1.165, 1.54) is 11.8 Å². The van der Waals surface area contributed by atoms with Gasteiger partial charge in [0.2, 0.25) is 0 Å². The Bertz CT molecular complexity index is 962. The van der Waals surface area contributed by atoms with Crippen LogP contribution in [-0.2, 0) is 13.1 Å². The lowest BCUT2D eigenvalue weighted by Gasteiger charge is -2.18. The lowest BCUT2D eigenvalue weighted by molar-refractivity contribution is 0.0949. The highest BCUT2D eigenvalue weighted by Crippen LogP contribution is 2.13. The van der Waals surface area contributed by atoms with Crippen LogP contribution in [0.2, 0.25) is 0 Å². The summed E-state index contributed by atoms with van der Waals surface area (Å²) < 4.78 is 5.10. The van der Waals surface area contributed by atoms with E-state index in [2.05, 4.69) is 29.4 Å². The van der Waals surface area contributed by atoms with Gasteiger partial charge < -0.3 is 15.1 Å². The number of benzene rings is 2. The van der Waals surface area contributed by atoms with E-state index in [0.29, 0.717) is 17.8 Å². The third-order valence-corrected chi connectivity index (χ3v) is 4.90. The summed E-state index contributed by atoms with van der Waals surface area (Å²) in [6.07, 6.45) is 1.46. The zero-order chi connectivity index (χ0) is 21.3. The Balaban J connectivity index is 1.55. The molecule has 0 fully saturated rings. The largest absolute Gasteiger partial charge is 0.459 e. The highest BCUT2D eigenvalue weighted by Gasteiger charge is 2.10. The fraction of sp³-hybridized carbons (Fsp3) is 0.250. The van der Waals surface area contributed by atoms with E-state index in [1.807, 2.05) is 42.5 Å². The molecule has 0 bridgehead atoms. The number of carbonyl (C=O) groups excluding carboxylic acids is 2. The number of anilines is 1. The first kappa shape index (κ1) is 21.3. The molecule has 6 heteroatoms. The number of hydrogen-bond donors (Lipinski definition) is 2. The maximum Gasteiger partial charge on any atom is 0.291 e. The molecule has 30 heavy (non-hydrogen) atoms. The van der Waals surface area contributed by atoms with Gasteiger partial charge in [0.05, 0.1) is 6.26 Å². The minimum Gasteiger partial charge on any atom is -0.459 e. The topological polar surface area (TPSA) is 74.6 Å². The Morgan fingerprint density at radius 2 is 1.67 bits per heavy atom. The van der Waals surface area contributed by atoms with Gasteiger partial charge in [-0.05, 0) is 60.6 Å². The van der Waals surface area contributed by atoms with Crippen LogP contribution in [-0.4, -0.2) is 29.8 Å².